The van der Waals surface area contributed by atoms with Crippen LogP contribution in [0.25, 0.3) is 0 Å². The van der Waals surface area contributed by atoms with E-state index in [0.717, 1.165) is 24.8 Å². The van der Waals surface area contributed by atoms with Crippen LogP contribution in [0.2, 0.25) is 0 Å². The lowest BCUT2D eigenvalue weighted by Crippen LogP contribution is -2.41. The van der Waals surface area contributed by atoms with E-state index in [1.807, 2.05) is 12.1 Å². The zero-order chi connectivity index (χ0) is 17.4. The number of likely N-dealkylation sites (N-methyl/N-ethyl adjacent to an activating group) is 1. The van der Waals surface area contributed by atoms with Gasteiger partial charge in [-0.3, -0.25) is 4.99 Å². The third-order valence-corrected chi connectivity index (χ3v) is 4.58. The number of benzene rings is 1. The smallest absolute Gasteiger partial charge is 0.191 e. The van der Waals surface area contributed by atoms with Crippen LogP contribution in [0.5, 0.6) is 5.75 Å². The van der Waals surface area contributed by atoms with Crippen LogP contribution in [0.1, 0.15) is 17.2 Å². The third-order valence-electron chi connectivity index (χ3n) is 3.85. The minimum atomic E-state index is 0. The van der Waals surface area contributed by atoms with Gasteiger partial charge in [0, 0.05) is 20.1 Å². The number of guanidine groups is 1. The highest BCUT2D eigenvalue weighted by Gasteiger charge is 2.14. The zero-order valence-electron chi connectivity index (χ0n) is 15.2. The number of nitrogens with zero attached hydrogens (tertiary/aromatic N) is 2. The van der Waals surface area contributed by atoms with Crippen molar-refractivity contribution in [1.82, 2.24) is 15.5 Å². The van der Waals surface area contributed by atoms with E-state index in [1.54, 1.807) is 25.5 Å². The third kappa shape index (κ3) is 6.83. The maximum absolute atomic E-state index is 5.23. The summed E-state index contributed by atoms with van der Waals surface area (Å²) in [6, 6.07) is 10.6. The fourth-order valence-corrected chi connectivity index (χ4v) is 3.09. The van der Waals surface area contributed by atoms with Gasteiger partial charge in [0.05, 0.1) is 13.2 Å². The Morgan fingerprint density at radius 2 is 1.92 bits per heavy atom. The monoisotopic (exact) mass is 474 g/mol. The molecular formula is C18H27IN4OS. The first-order chi connectivity index (χ1) is 11.6. The summed E-state index contributed by atoms with van der Waals surface area (Å²) >= 11 is 1.70. The number of thiophene rings is 1. The topological polar surface area (TPSA) is 48.9 Å². The molecule has 1 heterocycles. The Hall–Kier alpha value is -1.32. The SMILES string of the molecule is CN=C(NCc1ccsc1)NCC(c1ccc(OC)cc1)N(C)C.I. The molecule has 25 heavy (non-hydrogen) atoms. The van der Waals surface area contributed by atoms with Crippen molar-refractivity contribution >= 4 is 41.3 Å². The second-order valence-electron chi connectivity index (χ2n) is 5.69. The molecule has 0 bridgehead atoms. The predicted molar refractivity (Wildman–Crippen MR) is 117 cm³/mol. The van der Waals surface area contributed by atoms with E-state index in [0.29, 0.717) is 0 Å². The van der Waals surface area contributed by atoms with Gasteiger partial charge in [0.1, 0.15) is 5.75 Å². The molecule has 0 aliphatic carbocycles. The van der Waals surface area contributed by atoms with E-state index < -0.39 is 0 Å². The standard InChI is InChI=1S/C18H26N4OS.HI/c1-19-18(20-11-14-9-10-24-13-14)21-12-17(22(2)3)15-5-7-16(23-4)8-6-15;/h5-10,13,17H,11-12H2,1-4H3,(H2,19,20,21);1H. The summed E-state index contributed by atoms with van der Waals surface area (Å²) in [5.74, 6) is 1.68. The first-order valence-electron chi connectivity index (χ1n) is 7.90. The van der Waals surface area contributed by atoms with Crippen LogP contribution >= 0.6 is 35.3 Å². The highest BCUT2D eigenvalue weighted by molar-refractivity contribution is 14.0. The fraction of sp³-hybridized carbons (Fsp3) is 0.389. The first kappa shape index (κ1) is 21.7. The van der Waals surface area contributed by atoms with Crippen molar-refractivity contribution in [2.24, 2.45) is 4.99 Å². The molecule has 1 unspecified atom stereocenters. The molecular weight excluding hydrogens is 447 g/mol. The lowest BCUT2D eigenvalue weighted by Gasteiger charge is -2.26. The van der Waals surface area contributed by atoms with E-state index >= 15 is 0 Å². The molecule has 5 nitrogen and oxygen atoms in total. The molecule has 138 valence electrons. The van der Waals surface area contributed by atoms with Gasteiger partial charge < -0.3 is 20.3 Å². The van der Waals surface area contributed by atoms with Crippen LogP contribution in [-0.4, -0.2) is 45.7 Å². The van der Waals surface area contributed by atoms with Gasteiger partial charge in [-0.25, -0.2) is 0 Å². The summed E-state index contributed by atoms with van der Waals surface area (Å²) in [6.45, 7) is 1.54. The van der Waals surface area contributed by atoms with Crippen molar-refractivity contribution in [2.75, 3.05) is 34.8 Å². The van der Waals surface area contributed by atoms with Crippen molar-refractivity contribution in [3.05, 3.63) is 52.2 Å². The van der Waals surface area contributed by atoms with Gasteiger partial charge in [-0.2, -0.15) is 11.3 Å². The molecule has 0 radical (unpaired) electrons. The average Bonchev–Trinajstić information content (AvgIpc) is 3.11. The fourth-order valence-electron chi connectivity index (χ4n) is 2.42. The van der Waals surface area contributed by atoms with Gasteiger partial charge in [0.15, 0.2) is 5.96 Å². The second-order valence-corrected chi connectivity index (χ2v) is 6.47. The zero-order valence-corrected chi connectivity index (χ0v) is 18.3. The predicted octanol–water partition coefficient (Wildman–Crippen LogP) is 3.34. The van der Waals surface area contributed by atoms with Crippen LogP contribution < -0.4 is 15.4 Å². The molecule has 2 N–H and O–H groups in total. The molecule has 0 saturated carbocycles. The van der Waals surface area contributed by atoms with Crippen molar-refractivity contribution in [3.63, 3.8) is 0 Å². The van der Waals surface area contributed by atoms with Gasteiger partial charge in [-0.05, 0) is 54.2 Å². The van der Waals surface area contributed by atoms with E-state index in [1.165, 1.54) is 11.1 Å². The molecule has 1 aromatic heterocycles. The minimum absolute atomic E-state index is 0. The molecule has 2 rings (SSSR count). The number of hydrogen-bond acceptors (Lipinski definition) is 4. The van der Waals surface area contributed by atoms with Crippen molar-refractivity contribution in [3.8, 4) is 5.75 Å². The van der Waals surface area contributed by atoms with Gasteiger partial charge in [-0.15, -0.1) is 24.0 Å². The highest BCUT2D eigenvalue weighted by atomic mass is 127. The summed E-state index contributed by atoms with van der Waals surface area (Å²) < 4.78 is 5.23. The number of methoxy groups -OCH3 is 1. The van der Waals surface area contributed by atoms with Gasteiger partial charge >= 0.3 is 0 Å². The Morgan fingerprint density at radius 3 is 2.44 bits per heavy atom. The second kappa shape index (κ2) is 11.3. The lowest BCUT2D eigenvalue weighted by molar-refractivity contribution is 0.298. The molecule has 7 heteroatoms. The summed E-state index contributed by atoms with van der Waals surface area (Å²) in [5, 5.41) is 11.0. The molecule has 2 aromatic rings. The molecule has 1 aromatic carbocycles. The van der Waals surface area contributed by atoms with Gasteiger partial charge in [0.2, 0.25) is 0 Å². The Bertz CT molecular complexity index is 629. The number of aliphatic imine (C=N–C) groups is 1. The minimum Gasteiger partial charge on any atom is -0.497 e. The van der Waals surface area contributed by atoms with E-state index in [-0.39, 0.29) is 30.0 Å². The normalized spacial score (nSPS) is 12.4. The number of hydrogen-bond donors (Lipinski definition) is 2. The summed E-state index contributed by atoms with van der Waals surface area (Å²) in [4.78, 5) is 6.49. The molecule has 0 spiro atoms. The van der Waals surface area contributed by atoms with Gasteiger partial charge in [0.25, 0.3) is 0 Å². The maximum Gasteiger partial charge on any atom is 0.191 e. The van der Waals surface area contributed by atoms with Crippen LogP contribution in [-0.2, 0) is 6.54 Å². The Kier molecular flexibility index (Phi) is 9.84. The van der Waals surface area contributed by atoms with Crippen LogP contribution in [0.4, 0.5) is 0 Å². The van der Waals surface area contributed by atoms with Gasteiger partial charge in [-0.1, -0.05) is 12.1 Å². The van der Waals surface area contributed by atoms with E-state index in [4.69, 9.17) is 4.74 Å². The molecule has 0 aliphatic heterocycles. The van der Waals surface area contributed by atoms with Crippen LogP contribution in [0.15, 0.2) is 46.1 Å². The molecule has 0 saturated heterocycles. The maximum atomic E-state index is 5.23. The molecule has 0 amide bonds. The van der Waals surface area contributed by atoms with Crippen molar-refractivity contribution in [1.29, 1.82) is 0 Å². The van der Waals surface area contributed by atoms with Crippen LogP contribution in [0, 0.1) is 0 Å². The lowest BCUT2D eigenvalue weighted by atomic mass is 10.1. The highest BCUT2D eigenvalue weighted by Crippen LogP contribution is 2.20. The number of halogens is 1. The van der Waals surface area contributed by atoms with E-state index in [2.05, 4.69) is 63.6 Å². The Morgan fingerprint density at radius 1 is 1.20 bits per heavy atom. The number of ether oxygens (including phenoxy) is 1. The summed E-state index contributed by atoms with van der Waals surface area (Å²) in [5.41, 5.74) is 2.50. The Balaban J connectivity index is 0.00000312. The first-order valence-corrected chi connectivity index (χ1v) is 8.84. The number of nitrogens with one attached hydrogen (secondary N) is 2. The summed E-state index contributed by atoms with van der Waals surface area (Å²) in [6.07, 6.45) is 0. The molecule has 1 atom stereocenters. The number of rotatable bonds is 7. The average molecular weight is 474 g/mol. The van der Waals surface area contributed by atoms with Crippen LogP contribution in [0.3, 0.4) is 0 Å². The van der Waals surface area contributed by atoms with Crippen molar-refractivity contribution < 1.29 is 4.74 Å². The Labute approximate surface area is 171 Å². The molecule has 0 aliphatic rings. The summed E-state index contributed by atoms with van der Waals surface area (Å²) in [7, 11) is 7.64. The largest absolute Gasteiger partial charge is 0.497 e. The van der Waals surface area contributed by atoms with Crippen molar-refractivity contribution in [2.45, 2.75) is 12.6 Å². The molecule has 0 fully saturated rings. The quantitative estimate of drug-likeness (QED) is 0.367. The van der Waals surface area contributed by atoms with E-state index in [9.17, 15) is 0 Å².